The molecule has 0 aromatic heterocycles. The molecule has 0 aliphatic heterocycles. The quantitative estimate of drug-likeness (QED) is 0.842. The Balaban J connectivity index is 1.83. The van der Waals surface area contributed by atoms with Crippen LogP contribution in [0.1, 0.15) is 32.3 Å². The van der Waals surface area contributed by atoms with Gasteiger partial charge in [-0.1, -0.05) is 12.1 Å². The molecule has 1 aliphatic carbocycles. The van der Waals surface area contributed by atoms with Crippen LogP contribution >= 0.6 is 0 Å². The van der Waals surface area contributed by atoms with Gasteiger partial charge >= 0.3 is 5.97 Å². The molecule has 0 heterocycles. The van der Waals surface area contributed by atoms with Gasteiger partial charge < -0.3 is 15.2 Å². The van der Waals surface area contributed by atoms with Crippen LogP contribution in [0, 0.1) is 11.8 Å². The number of hydrogen-bond donors (Lipinski definition) is 2. The lowest BCUT2D eigenvalue weighted by Crippen LogP contribution is -2.43. The van der Waals surface area contributed by atoms with Crippen LogP contribution in [-0.2, 0) is 16.1 Å². The molecule has 114 valence electrons. The molecule has 21 heavy (non-hydrogen) atoms. The van der Waals surface area contributed by atoms with Gasteiger partial charge in [-0.15, -0.1) is 0 Å². The van der Waals surface area contributed by atoms with Crippen LogP contribution in [0.5, 0.6) is 5.75 Å². The third kappa shape index (κ3) is 3.97. The first-order valence-corrected chi connectivity index (χ1v) is 7.23. The van der Waals surface area contributed by atoms with Gasteiger partial charge in [-0.05, 0) is 44.4 Å². The van der Waals surface area contributed by atoms with Gasteiger partial charge in [0.25, 0.3) is 0 Å². The first-order chi connectivity index (χ1) is 9.97. The number of carbonyl (C=O) groups excluding carboxylic acids is 1. The summed E-state index contributed by atoms with van der Waals surface area (Å²) in [5, 5.41) is 11.7. The van der Waals surface area contributed by atoms with E-state index in [0.717, 1.165) is 11.3 Å². The van der Waals surface area contributed by atoms with Crippen LogP contribution < -0.4 is 10.1 Å². The van der Waals surface area contributed by atoms with Crippen LogP contribution in [0.3, 0.4) is 0 Å². The molecule has 0 saturated heterocycles. The summed E-state index contributed by atoms with van der Waals surface area (Å²) in [5.74, 6) is -1.16. The fraction of sp³-hybridized carbons (Fsp3) is 0.500. The highest BCUT2D eigenvalue weighted by Crippen LogP contribution is 2.34. The van der Waals surface area contributed by atoms with Crippen LogP contribution in [-0.4, -0.2) is 23.1 Å². The molecular weight excluding hydrogens is 270 g/mol. The average molecular weight is 291 g/mol. The number of rotatable bonds is 6. The number of ether oxygens (including phenoxy) is 1. The standard InChI is InChI=1S/C16H21NO4/c1-10(2)21-12-5-3-11(4-6-12)9-17-15(18)13-7-8-14(13)16(19)20/h3-6,10,13-14H,7-9H2,1-2H3,(H,17,18)(H,19,20). The molecule has 2 unspecified atom stereocenters. The molecule has 1 aliphatic rings. The van der Waals surface area contributed by atoms with E-state index in [4.69, 9.17) is 9.84 Å². The predicted octanol–water partition coefficient (Wildman–Crippen LogP) is 2.20. The van der Waals surface area contributed by atoms with E-state index in [1.165, 1.54) is 0 Å². The molecule has 5 nitrogen and oxygen atoms in total. The summed E-state index contributed by atoms with van der Waals surface area (Å²) in [4.78, 5) is 22.8. The summed E-state index contributed by atoms with van der Waals surface area (Å²) in [6.45, 7) is 4.33. The van der Waals surface area contributed by atoms with E-state index in [9.17, 15) is 9.59 Å². The summed E-state index contributed by atoms with van der Waals surface area (Å²) in [5.41, 5.74) is 0.964. The molecule has 1 aromatic carbocycles. The monoisotopic (exact) mass is 291 g/mol. The van der Waals surface area contributed by atoms with Crippen molar-refractivity contribution in [3.63, 3.8) is 0 Å². The Morgan fingerprint density at radius 2 is 1.86 bits per heavy atom. The van der Waals surface area contributed by atoms with Gasteiger partial charge in [0, 0.05) is 6.54 Å². The summed E-state index contributed by atoms with van der Waals surface area (Å²) < 4.78 is 5.55. The third-order valence-corrected chi connectivity index (χ3v) is 3.69. The molecule has 2 rings (SSSR count). The Bertz CT molecular complexity index is 510. The van der Waals surface area contributed by atoms with Crippen molar-refractivity contribution in [2.75, 3.05) is 0 Å². The first kappa shape index (κ1) is 15.4. The molecule has 0 bridgehead atoms. The van der Waals surface area contributed by atoms with Crippen LogP contribution in [0.2, 0.25) is 0 Å². The zero-order valence-corrected chi connectivity index (χ0v) is 12.3. The normalized spacial score (nSPS) is 20.7. The second kappa shape index (κ2) is 6.61. The largest absolute Gasteiger partial charge is 0.491 e. The SMILES string of the molecule is CC(C)Oc1ccc(CNC(=O)C2CCC2C(=O)O)cc1. The van der Waals surface area contributed by atoms with Crippen molar-refractivity contribution < 1.29 is 19.4 Å². The number of hydrogen-bond acceptors (Lipinski definition) is 3. The van der Waals surface area contributed by atoms with Crippen molar-refractivity contribution in [2.24, 2.45) is 11.8 Å². The van der Waals surface area contributed by atoms with Crippen molar-refractivity contribution in [1.29, 1.82) is 0 Å². The molecule has 1 saturated carbocycles. The van der Waals surface area contributed by atoms with E-state index in [2.05, 4.69) is 5.32 Å². The number of benzene rings is 1. The zero-order chi connectivity index (χ0) is 15.4. The van der Waals surface area contributed by atoms with E-state index < -0.39 is 11.9 Å². The van der Waals surface area contributed by atoms with Gasteiger partial charge in [0.15, 0.2) is 0 Å². The average Bonchev–Trinajstić information content (AvgIpc) is 2.35. The van der Waals surface area contributed by atoms with Gasteiger partial charge in [0.1, 0.15) is 5.75 Å². The summed E-state index contributed by atoms with van der Waals surface area (Å²) in [6.07, 6.45) is 1.38. The Morgan fingerprint density at radius 1 is 1.24 bits per heavy atom. The van der Waals surface area contributed by atoms with Crippen LogP contribution in [0.25, 0.3) is 0 Å². The first-order valence-electron chi connectivity index (χ1n) is 7.23. The van der Waals surface area contributed by atoms with Crippen molar-refractivity contribution in [1.82, 2.24) is 5.32 Å². The molecule has 5 heteroatoms. The number of nitrogens with one attached hydrogen (secondary N) is 1. The lowest BCUT2D eigenvalue weighted by Gasteiger charge is -2.31. The van der Waals surface area contributed by atoms with Gasteiger partial charge in [-0.3, -0.25) is 9.59 Å². The second-order valence-electron chi connectivity index (χ2n) is 5.66. The minimum Gasteiger partial charge on any atom is -0.491 e. The molecular formula is C16H21NO4. The van der Waals surface area contributed by atoms with Crippen molar-refractivity contribution in [3.8, 4) is 5.75 Å². The predicted molar refractivity (Wildman–Crippen MR) is 77.9 cm³/mol. The lowest BCUT2D eigenvalue weighted by atomic mass is 9.73. The summed E-state index contributed by atoms with van der Waals surface area (Å²) in [7, 11) is 0. The highest BCUT2D eigenvalue weighted by Gasteiger charge is 2.41. The fourth-order valence-corrected chi connectivity index (χ4v) is 2.39. The topological polar surface area (TPSA) is 75.6 Å². The third-order valence-electron chi connectivity index (χ3n) is 3.69. The van der Waals surface area contributed by atoms with E-state index in [0.29, 0.717) is 19.4 Å². The van der Waals surface area contributed by atoms with Gasteiger partial charge in [0.2, 0.25) is 5.91 Å². The maximum atomic E-state index is 11.9. The summed E-state index contributed by atoms with van der Waals surface area (Å²) in [6, 6.07) is 7.52. The molecule has 2 N–H and O–H groups in total. The second-order valence-corrected chi connectivity index (χ2v) is 5.66. The molecule has 1 amide bonds. The summed E-state index contributed by atoms with van der Waals surface area (Å²) >= 11 is 0. The Morgan fingerprint density at radius 3 is 2.33 bits per heavy atom. The number of amides is 1. The minimum atomic E-state index is -0.878. The molecule has 0 spiro atoms. The minimum absolute atomic E-state index is 0.127. The molecule has 1 fully saturated rings. The number of carboxylic acids is 1. The zero-order valence-electron chi connectivity index (χ0n) is 12.3. The maximum Gasteiger partial charge on any atom is 0.307 e. The van der Waals surface area contributed by atoms with E-state index in [1.807, 2.05) is 38.1 Å². The van der Waals surface area contributed by atoms with Crippen molar-refractivity contribution in [2.45, 2.75) is 39.3 Å². The van der Waals surface area contributed by atoms with Crippen molar-refractivity contribution in [3.05, 3.63) is 29.8 Å². The Hall–Kier alpha value is -2.04. The molecule has 2 atom stereocenters. The highest BCUT2D eigenvalue weighted by atomic mass is 16.5. The van der Waals surface area contributed by atoms with E-state index in [1.54, 1.807) is 0 Å². The number of aliphatic carboxylic acids is 1. The van der Waals surface area contributed by atoms with E-state index >= 15 is 0 Å². The smallest absolute Gasteiger partial charge is 0.307 e. The molecule has 0 radical (unpaired) electrons. The van der Waals surface area contributed by atoms with Crippen LogP contribution in [0.15, 0.2) is 24.3 Å². The van der Waals surface area contributed by atoms with Gasteiger partial charge in [0.05, 0.1) is 17.9 Å². The lowest BCUT2D eigenvalue weighted by molar-refractivity contribution is -0.152. The fourth-order valence-electron chi connectivity index (χ4n) is 2.39. The van der Waals surface area contributed by atoms with Crippen LogP contribution in [0.4, 0.5) is 0 Å². The number of carboxylic acid groups (broad SMARTS) is 1. The van der Waals surface area contributed by atoms with Gasteiger partial charge in [-0.25, -0.2) is 0 Å². The number of carbonyl (C=O) groups is 2. The Kier molecular flexibility index (Phi) is 4.83. The maximum absolute atomic E-state index is 11.9. The van der Waals surface area contributed by atoms with Gasteiger partial charge in [-0.2, -0.15) is 0 Å². The molecule has 1 aromatic rings. The highest BCUT2D eigenvalue weighted by molar-refractivity contribution is 5.86. The Labute approximate surface area is 124 Å². The van der Waals surface area contributed by atoms with E-state index in [-0.39, 0.29) is 17.9 Å². The van der Waals surface area contributed by atoms with Crippen molar-refractivity contribution >= 4 is 11.9 Å².